The normalized spacial score (nSPS) is 10.7. The van der Waals surface area contributed by atoms with Crippen molar-refractivity contribution >= 4 is 23.3 Å². The molecule has 0 aliphatic heterocycles. The summed E-state index contributed by atoms with van der Waals surface area (Å²) in [7, 11) is 2.53. The summed E-state index contributed by atoms with van der Waals surface area (Å²) in [5, 5.41) is 26.0. The molecule has 10 nitrogen and oxygen atoms in total. The summed E-state index contributed by atoms with van der Waals surface area (Å²) < 4.78 is 0. The minimum absolute atomic E-state index is 0.0869. The smallest absolute Gasteiger partial charge is 0.335 e. The van der Waals surface area contributed by atoms with Crippen molar-refractivity contribution in [1.29, 1.82) is 0 Å². The van der Waals surface area contributed by atoms with Crippen molar-refractivity contribution < 1.29 is 39.4 Å². The highest BCUT2D eigenvalue weighted by molar-refractivity contribution is 5.90. The molecule has 0 unspecified atom stereocenters. The average molecular weight is 362 g/mol. The van der Waals surface area contributed by atoms with Gasteiger partial charge >= 0.3 is 11.9 Å². The molecule has 0 saturated carbocycles. The molecular weight excluding hydrogens is 348 g/mol. The first-order chi connectivity index (χ1) is 12.4. The Morgan fingerprint density at radius 2 is 1.12 bits per heavy atom. The number of aromatic carboxylic acids is 2. The summed E-state index contributed by atoms with van der Waals surface area (Å²) in [5.41, 5.74) is 0.145. The van der Waals surface area contributed by atoms with Gasteiger partial charge in [0.15, 0.2) is 11.5 Å². The third-order valence-electron chi connectivity index (χ3n) is 2.92. The van der Waals surface area contributed by atoms with Gasteiger partial charge in [-0.2, -0.15) is 20.0 Å². The van der Waals surface area contributed by atoms with Crippen LogP contribution in [-0.2, 0) is 9.78 Å². The number of azo groups is 1. The maximum atomic E-state index is 11.2. The Balaban J connectivity index is 2.39. The molecule has 0 spiro atoms. The molecule has 0 atom stereocenters. The molecule has 10 heteroatoms. The first-order valence-electron chi connectivity index (χ1n) is 7.02. The highest BCUT2D eigenvalue weighted by Crippen LogP contribution is 2.28. The van der Waals surface area contributed by atoms with Gasteiger partial charge in [-0.1, -0.05) is 0 Å². The molecule has 0 fully saturated rings. The number of hydrogen-bond donors (Lipinski definition) is 2. The van der Waals surface area contributed by atoms with Crippen LogP contribution in [0.4, 0.5) is 11.4 Å². The molecule has 26 heavy (non-hydrogen) atoms. The van der Waals surface area contributed by atoms with E-state index in [4.69, 9.17) is 20.0 Å². The Hall–Kier alpha value is -3.50. The van der Waals surface area contributed by atoms with Gasteiger partial charge in [-0.25, -0.2) is 9.59 Å². The van der Waals surface area contributed by atoms with E-state index in [1.165, 1.54) is 50.6 Å². The predicted molar refractivity (Wildman–Crippen MR) is 86.3 cm³/mol. The summed E-state index contributed by atoms with van der Waals surface area (Å²) in [6.45, 7) is 0. The van der Waals surface area contributed by atoms with Crippen LogP contribution in [0.1, 0.15) is 20.7 Å². The Morgan fingerprint density at radius 3 is 1.42 bits per heavy atom. The van der Waals surface area contributed by atoms with Crippen LogP contribution in [0, 0.1) is 0 Å². The van der Waals surface area contributed by atoms with Gasteiger partial charge in [0.05, 0.1) is 36.7 Å². The predicted octanol–water partition coefficient (Wildman–Crippen LogP) is 3.38. The van der Waals surface area contributed by atoms with Gasteiger partial charge in [0, 0.05) is 12.1 Å². The van der Waals surface area contributed by atoms with Gasteiger partial charge in [-0.3, -0.25) is 0 Å². The van der Waals surface area contributed by atoms with Crippen molar-refractivity contribution in [2.45, 2.75) is 0 Å². The maximum Gasteiger partial charge on any atom is 0.335 e. The second kappa shape index (κ2) is 8.55. The van der Waals surface area contributed by atoms with Gasteiger partial charge in [0.2, 0.25) is 0 Å². The third-order valence-corrected chi connectivity index (χ3v) is 2.92. The molecule has 2 N–H and O–H groups in total. The SMILES string of the molecule is COOc1cc(/N=N/c2cc(OOC)cc(C(=O)O)c2)cc(C(=O)O)c1. The van der Waals surface area contributed by atoms with Crippen molar-refractivity contribution in [2.75, 3.05) is 14.2 Å². The zero-order valence-electron chi connectivity index (χ0n) is 13.7. The summed E-state index contributed by atoms with van der Waals surface area (Å²) in [6.07, 6.45) is 0. The average Bonchev–Trinajstić information content (AvgIpc) is 2.60. The van der Waals surface area contributed by atoms with E-state index in [-0.39, 0.29) is 34.0 Å². The molecule has 0 saturated heterocycles. The molecule has 0 aliphatic carbocycles. The van der Waals surface area contributed by atoms with Crippen LogP contribution < -0.4 is 9.78 Å². The van der Waals surface area contributed by atoms with E-state index < -0.39 is 11.9 Å². The second-order valence-electron chi connectivity index (χ2n) is 4.74. The van der Waals surface area contributed by atoms with Crippen LogP contribution in [-0.4, -0.2) is 36.4 Å². The summed E-state index contributed by atoms with van der Waals surface area (Å²) in [5.74, 6) is -2.15. The summed E-state index contributed by atoms with van der Waals surface area (Å²) in [6, 6.07) is 7.82. The quantitative estimate of drug-likeness (QED) is 0.414. The standard InChI is InChI=1S/C16H14N2O8/c1-23-25-13-5-9(15(19)20)3-11(7-13)17-18-12-4-10(16(21)22)6-14(8-12)26-24-2/h3-8H,1-2H3,(H,19,20)(H,21,22)/b18-17+. The van der Waals surface area contributed by atoms with E-state index >= 15 is 0 Å². The molecule has 0 aliphatic rings. The summed E-state index contributed by atoms with van der Waals surface area (Å²) in [4.78, 5) is 40.9. The lowest BCUT2D eigenvalue weighted by Crippen LogP contribution is -1.98. The first-order valence-corrected chi connectivity index (χ1v) is 7.02. The van der Waals surface area contributed by atoms with E-state index in [1.54, 1.807) is 0 Å². The molecule has 136 valence electrons. The minimum atomic E-state index is -1.19. The van der Waals surface area contributed by atoms with Crippen LogP contribution >= 0.6 is 0 Å². The number of carboxylic acids is 2. The Kier molecular flexibility index (Phi) is 6.20. The van der Waals surface area contributed by atoms with E-state index in [0.29, 0.717) is 0 Å². The Bertz CT molecular complexity index is 781. The zero-order chi connectivity index (χ0) is 19.1. The molecule has 2 aromatic carbocycles. The summed E-state index contributed by atoms with van der Waals surface area (Å²) >= 11 is 0. The molecular formula is C16H14N2O8. The number of carboxylic acid groups (broad SMARTS) is 2. The Labute approximate surface area is 147 Å². The first kappa shape index (κ1) is 18.8. The molecule has 2 aromatic rings. The maximum absolute atomic E-state index is 11.2. The third kappa shape index (κ3) is 5.00. The topological polar surface area (TPSA) is 136 Å². The number of rotatable bonds is 8. The van der Waals surface area contributed by atoms with Crippen LogP contribution in [0.25, 0.3) is 0 Å². The van der Waals surface area contributed by atoms with Crippen molar-refractivity contribution in [2.24, 2.45) is 10.2 Å². The Morgan fingerprint density at radius 1 is 0.731 bits per heavy atom. The van der Waals surface area contributed by atoms with E-state index in [2.05, 4.69) is 20.0 Å². The van der Waals surface area contributed by atoms with E-state index in [1.807, 2.05) is 0 Å². The van der Waals surface area contributed by atoms with Crippen LogP contribution in [0.15, 0.2) is 46.6 Å². The van der Waals surface area contributed by atoms with Gasteiger partial charge < -0.3 is 20.0 Å². The van der Waals surface area contributed by atoms with Crippen molar-refractivity contribution in [3.05, 3.63) is 47.5 Å². The van der Waals surface area contributed by atoms with Gasteiger partial charge in [-0.15, -0.1) is 0 Å². The number of benzene rings is 2. The number of hydrogen-bond acceptors (Lipinski definition) is 8. The molecule has 0 amide bonds. The van der Waals surface area contributed by atoms with E-state index in [0.717, 1.165) is 0 Å². The molecule has 0 radical (unpaired) electrons. The van der Waals surface area contributed by atoms with Crippen LogP contribution in [0.3, 0.4) is 0 Å². The fraction of sp³-hybridized carbons (Fsp3) is 0.125. The monoisotopic (exact) mass is 362 g/mol. The van der Waals surface area contributed by atoms with Crippen LogP contribution in [0.2, 0.25) is 0 Å². The largest absolute Gasteiger partial charge is 0.478 e. The minimum Gasteiger partial charge on any atom is -0.478 e. The van der Waals surface area contributed by atoms with Crippen molar-refractivity contribution in [3.63, 3.8) is 0 Å². The molecule has 0 bridgehead atoms. The van der Waals surface area contributed by atoms with Gasteiger partial charge in [0.1, 0.15) is 0 Å². The van der Waals surface area contributed by atoms with Gasteiger partial charge in [-0.05, 0) is 24.3 Å². The lowest BCUT2D eigenvalue weighted by atomic mass is 10.2. The fourth-order valence-corrected chi connectivity index (χ4v) is 1.93. The fourth-order valence-electron chi connectivity index (χ4n) is 1.93. The second-order valence-corrected chi connectivity index (χ2v) is 4.74. The van der Waals surface area contributed by atoms with E-state index in [9.17, 15) is 9.59 Å². The number of carbonyl (C=O) groups is 2. The molecule has 2 rings (SSSR count). The molecule has 0 aromatic heterocycles. The van der Waals surface area contributed by atoms with Gasteiger partial charge in [0.25, 0.3) is 0 Å². The van der Waals surface area contributed by atoms with Crippen molar-refractivity contribution in [1.82, 2.24) is 0 Å². The van der Waals surface area contributed by atoms with Crippen molar-refractivity contribution in [3.8, 4) is 11.5 Å². The zero-order valence-corrected chi connectivity index (χ0v) is 13.7. The lowest BCUT2D eigenvalue weighted by Gasteiger charge is -2.05. The molecule has 0 heterocycles. The van der Waals surface area contributed by atoms with Crippen LogP contribution in [0.5, 0.6) is 11.5 Å². The highest BCUT2D eigenvalue weighted by Gasteiger charge is 2.10. The lowest BCUT2D eigenvalue weighted by molar-refractivity contribution is -0.178. The highest BCUT2D eigenvalue weighted by atomic mass is 17.2. The number of nitrogens with zero attached hydrogens (tertiary/aromatic N) is 2.